The lowest BCUT2D eigenvalue weighted by Crippen LogP contribution is -2.11. The Morgan fingerprint density at radius 2 is 1.81 bits per heavy atom. The highest BCUT2D eigenvalue weighted by Gasteiger charge is 2.15. The molecule has 0 atom stereocenters. The molecule has 2 aromatic rings. The number of rotatable bonds is 2. The second-order valence-corrected chi connectivity index (χ2v) is 6.16. The molecule has 0 spiro atoms. The topological polar surface area (TPSA) is 59.0 Å². The number of ether oxygens (including phenoxy) is 1. The summed E-state index contributed by atoms with van der Waals surface area (Å²) in [6.07, 6.45) is 0. The van der Waals surface area contributed by atoms with Gasteiger partial charge in [0.25, 0.3) is 0 Å². The summed E-state index contributed by atoms with van der Waals surface area (Å²) in [5.74, 6) is 1.27. The normalized spacial score (nSPS) is 11.0. The van der Waals surface area contributed by atoms with E-state index in [9.17, 15) is 0 Å². The average molecular weight is 280 g/mol. The smallest absolute Gasteiger partial charge is 0.151 e. The van der Waals surface area contributed by atoms with Crippen molar-refractivity contribution in [1.29, 1.82) is 5.26 Å². The Morgan fingerprint density at radius 1 is 1.10 bits per heavy atom. The van der Waals surface area contributed by atoms with Gasteiger partial charge in [-0.2, -0.15) is 5.26 Å². The molecule has 0 saturated carbocycles. The van der Waals surface area contributed by atoms with Crippen LogP contribution in [0.1, 0.15) is 37.5 Å². The maximum Gasteiger partial charge on any atom is 0.151 e. The summed E-state index contributed by atoms with van der Waals surface area (Å²) in [5.41, 5.74) is 9.15. The Bertz CT molecular complexity index is 706. The summed E-state index contributed by atoms with van der Waals surface area (Å²) in [4.78, 5) is 0. The zero-order valence-electron chi connectivity index (χ0n) is 12.9. The second-order valence-electron chi connectivity index (χ2n) is 6.16. The van der Waals surface area contributed by atoms with Gasteiger partial charge in [0, 0.05) is 0 Å². The van der Waals surface area contributed by atoms with Crippen LogP contribution < -0.4 is 10.5 Å². The Hall–Kier alpha value is -2.47. The van der Waals surface area contributed by atoms with Gasteiger partial charge in [0.1, 0.15) is 11.8 Å². The van der Waals surface area contributed by atoms with E-state index in [2.05, 4.69) is 39.0 Å². The quantitative estimate of drug-likeness (QED) is 0.822. The fourth-order valence-electron chi connectivity index (χ4n) is 2.08. The molecule has 21 heavy (non-hydrogen) atoms. The van der Waals surface area contributed by atoms with Crippen LogP contribution in [0.3, 0.4) is 0 Å². The highest BCUT2D eigenvalue weighted by atomic mass is 16.5. The van der Waals surface area contributed by atoms with E-state index in [0.717, 1.165) is 11.3 Å². The molecule has 0 bridgehead atoms. The summed E-state index contributed by atoms with van der Waals surface area (Å²) in [7, 11) is 0. The van der Waals surface area contributed by atoms with E-state index < -0.39 is 0 Å². The van der Waals surface area contributed by atoms with Gasteiger partial charge in [0.05, 0.1) is 11.3 Å². The van der Waals surface area contributed by atoms with Gasteiger partial charge >= 0.3 is 0 Å². The molecule has 3 nitrogen and oxygen atoms in total. The van der Waals surface area contributed by atoms with Crippen LogP contribution in [0.2, 0.25) is 0 Å². The first-order chi connectivity index (χ1) is 9.82. The number of nitrogen functional groups attached to an aromatic ring is 1. The largest absolute Gasteiger partial charge is 0.455 e. The SMILES string of the molecule is Cc1cc(C(C)(C)C)ccc1Oc1cccc(C#N)c1N. The van der Waals surface area contributed by atoms with Gasteiger partial charge in [-0.3, -0.25) is 0 Å². The van der Waals surface area contributed by atoms with E-state index in [0.29, 0.717) is 17.0 Å². The van der Waals surface area contributed by atoms with E-state index in [1.807, 2.05) is 13.0 Å². The predicted molar refractivity (Wildman–Crippen MR) is 85.5 cm³/mol. The molecule has 0 amide bonds. The van der Waals surface area contributed by atoms with E-state index in [-0.39, 0.29) is 5.41 Å². The van der Waals surface area contributed by atoms with E-state index >= 15 is 0 Å². The van der Waals surface area contributed by atoms with Crippen LogP contribution in [0, 0.1) is 18.3 Å². The van der Waals surface area contributed by atoms with Crippen LogP contribution in [0.4, 0.5) is 5.69 Å². The highest BCUT2D eigenvalue weighted by molar-refractivity contribution is 5.64. The van der Waals surface area contributed by atoms with Crippen molar-refractivity contribution in [3.63, 3.8) is 0 Å². The van der Waals surface area contributed by atoms with Gasteiger partial charge in [-0.25, -0.2) is 0 Å². The van der Waals surface area contributed by atoms with Crippen molar-refractivity contribution in [2.24, 2.45) is 0 Å². The molecule has 2 aromatic carbocycles. The fourth-order valence-corrected chi connectivity index (χ4v) is 2.08. The minimum absolute atomic E-state index is 0.100. The van der Waals surface area contributed by atoms with Crippen molar-refractivity contribution in [1.82, 2.24) is 0 Å². The lowest BCUT2D eigenvalue weighted by Gasteiger charge is -2.20. The first-order valence-electron chi connectivity index (χ1n) is 6.90. The van der Waals surface area contributed by atoms with Crippen molar-refractivity contribution in [3.05, 3.63) is 53.1 Å². The number of benzene rings is 2. The number of hydrogen-bond donors (Lipinski definition) is 1. The summed E-state index contributed by atoms with van der Waals surface area (Å²) >= 11 is 0. The standard InChI is InChI=1S/C18H20N2O/c1-12-10-14(18(2,3)4)8-9-15(12)21-16-7-5-6-13(11-19)17(16)20/h5-10H,20H2,1-4H3. The zero-order chi connectivity index (χ0) is 15.6. The van der Waals surface area contributed by atoms with Gasteiger partial charge in [-0.1, -0.05) is 39.0 Å². The first-order valence-corrected chi connectivity index (χ1v) is 6.90. The molecule has 2 rings (SSSR count). The van der Waals surface area contributed by atoms with Crippen molar-refractivity contribution in [3.8, 4) is 17.6 Å². The third-order valence-electron chi connectivity index (χ3n) is 3.45. The first kappa shape index (κ1) is 14.9. The second kappa shape index (κ2) is 5.49. The fraction of sp³-hybridized carbons (Fsp3) is 0.278. The summed E-state index contributed by atoms with van der Waals surface area (Å²) in [6.45, 7) is 8.54. The Morgan fingerprint density at radius 3 is 2.38 bits per heavy atom. The molecule has 3 heteroatoms. The van der Waals surface area contributed by atoms with Crippen LogP contribution >= 0.6 is 0 Å². The van der Waals surface area contributed by atoms with E-state index in [4.69, 9.17) is 15.7 Å². The highest BCUT2D eigenvalue weighted by Crippen LogP contribution is 2.33. The van der Waals surface area contributed by atoms with Crippen LogP contribution in [0.15, 0.2) is 36.4 Å². The van der Waals surface area contributed by atoms with Gasteiger partial charge in [-0.05, 0) is 41.7 Å². The molecule has 0 aliphatic rings. The number of para-hydroxylation sites is 1. The zero-order valence-corrected chi connectivity index (χ0v) is 12.9. The van der Waals surface area contributed by atoms with Crippen molar-refractivity contribution >= 4 is 5.69 Å². The molecule has 0 saturated heterocycles. The molecular formula is C18H20N2O. The molecular weight excluding hydrogens is 260 g/mol. The number of hydrogen-bond acceptors (Lipinski definition) is 3. The molecule has 0 radical (unpaired) electrons. The molecule has 0 aliphatic heterocycles. The van der Waals surface area contributed by atoms with Crippen molar-refractivity contribution in [2.75, 3.05) is 5.73 Å². The minimum Gasteiger partial charge on any atom is -0.455 e. The maximum absolute atomic E-state index is 9.00. The summed E-state index contributed by atoms with van der Waals surface area (Å²) in [5, 5.41) is 9.00. The van der Waals surface area contributed by atoms with E-state index in [1.165, 1.54) is 5.56 Å². The summed E-state index contributed by atoms with van der Waals surface area (Å²) in [6, 6.07) is 13.4. The molecule has 0 unspecified atom stereocenters. The van der Waals surface area contributed by atoms with Crippen LogP contribution in [0.25, 0.3) is 0 Å². The number of nitrogens with two attached hydrogens (primary N) is 1. The molecule has 0 aliphatic carbocycles. The van der Waals surface area contributed by atoms with Gasteiger partial charge < -0.3 is 10.5 Å². The number of aryl methyl sites for hydroxylation is 1. The van der Waals surface area contributed by atoms with Crippen molar-refractivity contribution < 1.29 is 4.74 Å². The predicted octanol–water partition coefficient (Wildman–Crippen LogP) is 4.54. The number of anilines is 1. The van der Waals surface area contributed by atoms with Crippen LogP contribution in [0.5, 0.6) is 11.5 Å². The minimum atomic E-state index is 0.100. The number of nitrogens with zero attached hydrogens (tertiary/aromatic N) is 1. The van der Waals surface area contributed by atoms with Crippen molar-refractivity contribution in [2.45, 2.75) is 33.1 Å². The Kier molecular flexibility index (Phi) is 3.90. The Labute approximate surface area is 126 Å². The average Bonchev–Trinajstić information content (AvgIpc) is 2.42. The molecule has 0 aromatic heterocycles. The molecule has 0 heterocycles. The van der Waals surface area contributed by atoms with E-state index in [1.54, 1.807) is 18.2 Å². The monoisotopic (exact) mass is 280 g/mol. The third-order valence-corrected chi connectivity index (χ3v) is 3.45. The van der Waals surface area contributed by atoms with Crippen LogP contribution in [-0.2, 0) is 5.41 Å². The molecule has 2 N–H and O–H groups in total. The molecule has 0 fully saturated rings. The third kappa shape index (κ3) is 3.17. The summed E-state index contributed by atoms with van der Waals surface area (Å²) < 4.78 is 5.87. The lowest BCUT2D eigenvalue weighted by molar-refractivity contribution is 0.479. The van der Waals surface area contributed by atoms with Gasteiger partial charge in [0.15, 0.2) is 5.75 Å². The van der Waals surface area contributed by atoms with Gasteiger partial charge in [-0.15, -0.1) is 0 Å². The maximum atomic E-state index is 9.00. The van der Waals surface area contributed by atoms with Crippen LogP contribution in [-0.4, -0.2) is 0 Å². The van der Waals surface area contributed by atoms with Gasteiger partial charge in [0.2, 0.25) is 0 Å². The Balaban J connectivity index is 2.36. The number of nitriles is 1. The lowest BCUT2D eigenvalue weighted by atomic mass is 9.86. The molecule has 108 valence electrons.